The first-order chi connectivity index (χ1) is 7.25. The zero-order valence-corrected chi connectivity index (χ0v) is 8.73. The summed E-state index contributed by atoms with van der Waals surface area (Å²) >= 11 is 0. The van der Waals surface area contributed by atoms with Crippen LogP contribution in [0.5, 0.6) is 0 Å². The third-order valence-electron chi connectivity index (χ3n) is 2.65. The minimum atomic E-state index is 0.426. The number of aromatic amines is 1. The summed E-state index contributed by atoms with van der Waals surface area (Å²) in [6.45, 7) is 4.28. The summed E-state index contributed by atoms with van der Waals surface area (Å²) in [6.07, 6.45) is 3.70. The van der Waals surface area contributed by atoms with Gasteiger partial charge in [0.2, 0.25) is 0 Å². The first-order valence-electron chi connectivity index (χ1n) is 5.06. The molecule has 1 N–H and O–H groups in total. The molecule has 0 atom stereocenters. The Bertz CT molecular complexity index is 618. The van der Waals surface area contributed by atoms with E-state index < -0.39 is 0 Å². The van der Waals surface area contributed by atoms with Crippen LogP contribution in [0.1, 0.15) is 19.9 Å². The van der Waals surface area contributed by atoms with Gasteiger partial charge in [-0.1, -0.05) is 0 Å². The summed E-state index contributed by atoms with van der Waals surface area (Å²) in [5.74, 6) is 0. The van der Waals surface area contributed by atoms with Gasteiger partial charge in [0.05, 0.1) is 11.0 Å². The van der Waals surface area contributed by atoms with Crippen LogP contribution in [0, 0.1) is 0 Å². The van der Waals surface area contributed by atoms with Crippen LogP contribution in [0.4, 0.5) is 0 Å². The van der Waals surface area contributed by atoms with Gasteiger partial charge in [-0.2, -0.15) is 0 Å². The Labute approximate surface area is 86.9 Å². The van der Waals surface area contributed by atoms with E-state index in [9.17, 15) is 0 Å². The highest BCUT2D eigenvalue weighted by Crippen LogP contribution is 2.22. The fourth-order valence-corrected chi connectivity index (χ4v) is 1.80. The molecule has 0 aliphatic carbocycles. The Balaban J connectivity index is 2.41. The van der Waals surface area contributed by atoms with Crippen LogP contribution in [0.15, 0.2) is 24.7 Å². The van der Waals surface area contributed by atoms with E-state index in [2.05, 4.69) is 39.8 Å². The number of benzene rings is 1. The second-order valence-electron chi connectivity index (χ2n) is 4.01. The molecule has 4 nitrogen and oxygen atoms in total. The Morgan fingerprint density at radius 3 is 2.93 bits per heavy atom. The molecule has 0 saturated carbocycles. The van der Waals surface area contributed by atoms with Crippen LogP contribution in [-0.2, 0) is 0 Å². The van der Waals surface area contributed by atoms with Crippen LogP contribution in [0.3, 0.4) is 0 Å². The number of hydrogen-bond acceptors (Lipinski definition) is 2. The molecule has 76 valence electrons. The van der Waals surface area contributed by atoms with Crippen molar-refractivity contribution < 1.29 is 0 Å². The lowest BCUT2D eigenvalue weighted by Crippen LogP contribution is -1.99. The molecule has 0 aliphatic heterocycles. The molecule has 1 aromatic carbocycles. The number of imidazole rings is 1. The Morgan fingerprint density at radius 1 is 1.27 bits per heavy atom. The van der Waals surface area contributed by atoms with Gasteiger partial charge in [-0.15, -0.1) is 0 Å². The summed E-state index contributed by atoms with van der Waals surface area (Å²) < 4.78 is 2.08. The zero-order valence-electron chi connectivity index (χ0n) is 8.73. The van der Waals surface area contributed by atoms with Crippen molar-refractivity contribution in [3.63, 3.8) is 0 Å². The molecule has 0 unspecified atom stereocenters. The standard InChI is InChI=1S/C11H12N4/c1-7(2)15-5-8-9(14-15)3-4-10-11(8)13-6-12-10/h3-7,14H,1-2H3. The molecular weight excluding hydrogens is 188 g/mol. The molecule has 0 radical (unpaired) electrons. The average Bonchev–Trinajstić information content (AvgIpc) is 2.82. The first kappa shape index (κ1) is 8.47. The van der Waals surface area contributed by atoms with Crippen molar-refractivity contribution in [3.05, 3.63) is 24.7 Å². The predicted molar refractivity (Wildman–Crippen MR) is 59.8 cm³/mol. The minimum absolute atomic E-state index is 0.426. The van der Waals surface area contributed by atoms with Crippen molar-refractivity contribution in [3.8, 4) is 0 Å². The molecule has 15 heavy (non-hydrogen) atoms. The predicted octanol–water partition coefficient (Wildman–Crippen LogP) is 2.49. The lowest BCUT2D eigenvalue weighted by molar-refractivity contribution is 0.537. The van der Waals surface area contributed by atoms with Crippen molar-refractivity contribution in [1.82, 2.24) is 19.7 Å². The smallest absolute Gasteiger partial charge is 0.116 e. The summed E-state index contributed by atoms with van der Waals surface area (Å²) in [6, 6.07) is 4.47. The topological polar surface area (TPSA) is 46.5 Å². The first-order valence-corrected chi connectivity index (χ1v) is 5.06. The van der Waals surface area contributed by atoms with Crippen LogP contribution in [0.2, 0.25) is 0 Å². The lowest BCUT2D eigenvalue weighted by Gasteiger charge is -2.04. The highest BCUT2D eigenvalue weighted by atomic mass is 15.3. The van der Waals surface area contributed by atoms with Gasteiger partial charge in [-0.3, -0.25) is 9.78 Å². The molecule has 4 heteroatoms. The average molecular weight is 200 g/mol. The second kappa shape index (κ2) is 2.82. The van der Waals surface area contributed by atoms with Crippen molar-refractivity contribution in [2.75, 3.05) is 0 Å². The van der Waals surface area contributed by atoms with Gasteiger partial charge in [0, 0.05) is 17.6 Å². The zero-order chi connectivity index (χ0) is 10.4. The van der Waals surface area contributed by atoms with Gasteiger partial charge in [-0.25, -0.2) is 9.97 Å². The van der Waals surface area contributed by atoms with Crippen molar-refractivity contribution >= 4 is 21.9 Å². The SMILES string of the molecule is CC(C)n1cc2c(ccc3ncnc32)[nH]1. The maximum absolute atomic E-state index is 4.28. The van der Waals surface area contributed by atoms with E-state index in [0.29, 0.717) is 6.04 Å². The van der Waals surface area contributed by atoms with Crippen LogP contribution in [-0.4, -0.2) is 19.7 Å². The highest BCUT2D eigenvalue weighted by Gasteiger charge is 2.07. The highest BCUT2D eigenvalue weighted by molar-refractivity contribution is 6.02. The quantitative estimate of drug-likeness (QED) is 0.656. The van der Waals surface area contributed by atoms with E-state index in [1.807, 2.05) is 12.1 Å². The van der Waals surface area contributed by atoms with E-state index in [4.69, 9.17) is 0 Å². The number of nitrogens with zero attached hydrogens (tertiary/aromatic N) is 3. The fraction of sp³-hybridized carbons (Fsp3) is 0.273. The number of hydrogen-bond donors (Lipinski definition) is 1. The number of fused-ring (bicyclic) bond motifs is 3. The molecule has 2 heterocycles. The summed E-state index contributed by atoms with van der Waals surface area (Å²) in [5.41, 5.74) is 3.04. The van der Waals surface area contributed by atoms with E-state index in [-0.39, 0.29) is 0 Å². The molecule has 3 aromatic rings. The molecule has 0 bridgehead atoms. The van der Waals surface area contributed by atoms with Crippen molar-refractivity contribution in [1.29, 1.82) is 0 Å². The van der Waals surface area contributed by atoms with Crippen molar-refractivity contribution in [2.24, 2.45) is 0 Å². The molecule has 0 aliphatic rings. The lowest BCUT2D eigenvalue weighted by atomic mass is 10.2. The van der Waals surface area contributed by atoms with Gasteiger partial charge in [0.15, 0.2) is 0 Å². The summed E-state index contributed by atoms with van der Waals surface area (Å²) in [5, 5.41) is 4.46. The number of rotatable bonds is 1. The Kier molecular flexibility index (Phi) is 1.59. The largest absolute Gasteiger partial charge is 0.298 e. The molecular formula is C11H12N4. The maximum atomic E-state index is 4.28. The maximum Gasteiger partial charge on any atom is 0.116 e. The monoisotopic (exact) mass is 200 g/mol. The molecule has 0 spiro atoms. The van der Waals surface area contributed by atoms with Crippen molar-refractivity contribution in [2.45, 2.75) is 19.9 Å². The number of aromatic nitrogens is 4. The number of nitrogens with one attached hydrogen (secondary N) is 1. The van der Waals surface area contributed by atoms with E-state index in [0.717, 1.165) is 21.9 Å². The fourth-order valence-electron chi connectivity index (χ4n) is 1.80. The normalized spacial score (nSPS) is 11.9. The molecule has 3 rings (SSSR count). The van der Waals surface area contributed by atoms with E-state index in [1.54, 1.807) is 6.33 Å². The van der Waals surface area contributed by atoms with Crippen LogP contribution in [0.25, 0.3) is 21.9 Å². The molecule has 0 saturated heterocycles. The molecule has 0 fully saturated rings. The van der Waals surface area contributed by atoms with Gasteiger partial charge in [-0.05, 0) is 26.0 Å². The van der Waals surface area contributed by atoms with Crippen LogP contribution >= 0.6 is 0 Å². The minimum Gasteiger partial charge on any atom is -0.298 e. The van der Waals surface area contributed by atoms with Gasteiger partial charge in [0.25, 0.3) is 0 Å². The molecule has 2 aromatic heterocycles. The van der Waals surface area contributed by atoms with Gasteiger partial charge >= 0.3 is 0 Å². The third kappa shape index (κ3) is 1.14. The van der Waals surface area contributed by atoms with E-state index >= 15 is 0 Å². The van der Waals surface area contributed by atoms with Gasteiger partial charge < -0.3 is 0 Å². The van der Waals surface area contributed by atoms with E-state index in [1.165, 1.54) is 0 Å². The number of H-pyrrole nitrogens is 1. The third-order valence-corrected chi connectivity index (χ3v) is 2.65. The summed E-state index contributed by atoms with van der Waals surface area (Å²) in [7, 11) is 0. The van der Waals surface area contributed by atoms with Gasteiger partial charge in [0.1, 0.15) is 11.8 Å². The second-order valence-corrected chi connectivity index (χ2v) is 4.01. The van der Waals surface area contributed by atoms with Crippen LogP contribution < -0.4 is 0 Å². The Hall–Kier alpha value is -1.84. The molecule has 0 amide bonds. The Morgan fingerprint density at radius 2 is 2.13 bits per heavy atom. The summed E-state index contributed by atoms with van der Waals surface area (Å²) in [4.78, 5) is 8.46.